The van der Waals surface area contributed by atoms with Gasteiger partial charge >= 0.3 is 5.97 Å². The van der Waals surface area contributed by atoms with Crippen molar-refractivity contribution < 1.29 is 31.3 Å². The Hall–Kier alpha value is -2.99. The second-order valence-electron chi connectivity index (χ2n) is 5.42. The number of furan rings is 1. The highest BCUT2D eigenvalue weighted by molar-refractivity contribution is 6.09. The van der Waals surface area contributed by atoms with Crippen molar-refractivity contribution in [3.8, 4) is 22.8 Å². The number of benzene rings is 2. The predicted octanol–water partition coefficient (Wildman–Crippen LogP) is 4.14. The molecule has 3 aromatic rings. The number of phenols is 1. The lowest BCUT2D eigenvalue weighted by molar-refractivity contribution is 0.0528. The average Bonchev–Trinajstić information content (AvgIpc) is 3.06. The molecule has 1 aromatic heterocycles. The molecule has 0 radical (unpaired) electrons. The lowest BCUT2D eigenvalue weighted by Gasteiger charge is -2.10. The quantitative estimate of drug-likeness (QED) is 0.667. The molecule has 0 atom stereocenters. The minimum absolute atomic E-state index is 0.0347. The average molecular weight is 358 g/mol. The van der Waals surface area contributed by atoms with Crippen LogP contribution in [0.4, 0.5) is 0 Å². The molecule has 2 aromatic carbocycles. The van der Waals surface area contributed by atoms with Crippen LogP contribution in [0.5, 0.6) is 11.5 Å². The van der Waals surface area contributed by atoms with Crippen LogP contribution in [-0.2, 0) is 16.0 Å². The highest BCUT2D eigenvalue weighted by Crippen LogP contribution is 2.38. The third-order valence-corrected chi connectivity index (χ3v) is 3.83. The van der Waals surface area contributed by atoms with Crippen LogP contribution >= 0.6 is 0 Å². The SMILES string of the molecule is [2H]C([2H])(OC)c1cc(OC)ccc1-c1oc2ccc(O)cc2c1C(=O)OCC. The molecule has 3 rings (SSSR count). The number of fused-ring (bicyclic) bond motifs is 1. The fourth-order valence-corrected chi connectivity index (χ4v) is 2.72. The molecule has 1 heterocycles. The summed E-state index contributed by atoms with van der Waals surface area (Å²) >= 11 is 0. The molecule has 26 heavy (non-hydrogen) atoms. The maximum atomic E-state index is 12.7. The minimum Gasteiger partial charge on any atom is -0.508 e. The number of hydrogen-bond acceptors (Lipinski definition) is 6. The highest BCUT2D eigenvalue weighted by Gasteiger charge is 2.25. The van der Waals surface area contributed by atoms with Gasteiger partial charge in [0.05, 0.1) is 23.0 Å². The van der Waals surface area contributed by atoms with Crippen molar-refractivity contribution in [1.29, 1.82) is 0 Å². The van der Waals surface area contributed by atoms with E-state index < -0.39 is 12.5 Å². The summed E-state index contributed by atoms with van der Waals surface area (Å²) in [7, 11) is 2.71. The maximum Gasteiger partial charge on any atom is 0.342 e. The molecule has 0 aliphatic carbocycles. The van der Waals surface area contributed by atoms with Gasteiger partial charge in [0.1, 0.15) is 28.4 Å². The number of aromatic hydroxyl groups is 1. The van der Waals surface area contributed by atoms with Crippen LogP contribution in [-0.4, -0.2) is 31.9 Å². The van der Waals surface area contributed by atoms with E-state index in [1.54, 1.807) is 19.1 Å². The molecule has 0 fully saturated rings. The fraction of sp³-hybridized carbons (Fsp3) is 0.250. The van der Waals surface area contributed by atoms with E-state index in [9.17, 15) is 9.90 Å². The van der Waals surface area contributed by atoms with E-state index in [1.165, 1.54) is 38.5 Å². The van der Waals surface area contributed by atoms with Crippen molar-refractivity contribution in [3.63, 3.8) is 0 Å². The van der Waals surface area contributed by atoms with Crippen molar-refractivity contribution in [2.45, 2.75) is 13.5 Å². The Morgan fingerprint density at radius 1 is 1.23 bits per heavy atom. The lowest BCUT2D eigenvalue weighted by Crippen LogP contribution is -2.06. The first kappa shape index (κ1) is 15.3. The molecule has 0 saturated carbocycles. The third kappa shape index (κ3) is 3.23. The van der Waals surface area contributed by atoms with Crippen molar-refractivity contribution >= 4 is 16.9 Å². The Labute approximate surface area is 153 Å². The fourth-order valence-electron chi connectivity index (χ4n) is 2.72. The Bertz CT molecular complexity index is 1020. The Balaban J connectivity index is 2.35. The van der Waals surface area contributed by atoms with Gasteiger partial charge in [-0.2, -0.15) is 0 Å². The summed E-state index contributed by atoms with van der Waals surface area (Å²) in [6.07, 6.45) is 0. The van der Waals surface area contributed by atoms with Gasteiger partial charge in [0.2, 0.25) is 0 Å². The van der Waals surface area contributed by atoms with Gasteiger partial charge < -0.3 is 23.7 Å². The number of hydrogen-bond donors (Lipinski definition) is 1. The molecule has 0 bridgehead atoms. The molecule has 0 saturated heterocycles. The second-order valence-corrected chi connectivity index (χ2v) is 5.42. The zero-order valence-electron chi connectivity index (χ0n) is 16.7. The number of methoxy groups -OCH3 is 2. The summed E-state index contributed by atoms with van der Waals surface area (Å²) < 4.78 is 37.6. The van der Waals surface area contributed by atoms with E-state index in [1.807, 2.05) is 0 Å². The highest BCUT2D eigenvalue weighted by atomic mass is 16.5. The Morgan fingerprint density at radius 2 is 2.04 bits per heavy atom. The Kier molecular flexibility index (Phi) is 4.40. The monoisotopic (exact) mass is 358 g/mol. The van der Waals surface area contributed by atoms with Gasteiger partial charge in [-0.25, -0.2) is 4.79 Å². The molecule has 0 aliphatic heterocycles. The summed E-state index contributed by atoms with van der Waals surface area (Å²) in [5.74, 6) is -0.127. The van der Waals surface area contributed by atoms with Crippen LogP contribution in [0.1, 0.15) is 25.6 Å². The van der Waals surface area contributed by atoms with Crippen LogP contribution in [0.2, 0.25) is 0 Å². The van der Waals surface area contributed by atoms with E-state index in [0.717, 1.165) is 0 Å². The van der Waals surface area contributed by atoms with Crippen LogP contribution in [0.15, 0.2) is 40.8 Å². The maximum absolute atomic E-state index is 12.7. The largest absolute Gasteiger partial charge is 0.508 e. The van der Waals surface area contributed by atoms with E-state index in [2.05, 4.69) is 0 Å². The molecular weight excluding hydrogens is 336 g/mol. The van der Waals surface area contributed by atoms with Crippen LogP contribution in [0.25, 0.3) is 22.3 Å². The van der Waals surface area contributed by atoms with E-state index in [-0.39, 0.29) is 29.2 Å². The normalized spacial score (nSPS) is 12.6. The van der Waals surface area contributed by atoms with E-state index in [0.29, 0.717) is 22.3 Å². The summed E-state index contributed by atoms with van der Waals surface area (Å²) in [6.45, 7) is -0.339. The van der Waals surface area contributed by atoms with Gasteiger partial charge in [-0.05, 0) is 48.9 Å². The lowest BCUT2D eigenvalue weighted by atomic mass is 10.0. The van der Waals surface area contributed by atoms with Gasteiger partial charge in [-0.15, -0.1) is 0 Å². The van der Waals surface area contributed by atoms with Crippen LogP contribution in [0.3, 0.4) is 0 Å². The van der Waals surface area contributed by atoms with Crippen molar-refractivity contribution in [2.75, 3.05) is 20.8 Å². The number of phenolic OH excluding ortho intramolecular Hbond substituents is 1. The van der Waals surface area contributed by atoms with E-state index in [4.69, 9.17) is 21.4 Å². The molecule has 0 unspecified atom stereocenters. The standard InChI is InChI=1S/C20H20O6/c1-4-25-20(22)18-16-10-13(21)5-8-17(16)26-19(18)15-7-6-14(24-3)9-12(15)11-23-2/h5-10,21H,4,11H2,1-3H3/i11D2. The van der Waals surface area contributed by atoms with Crippen LogP contribution in [0, 0.1) is 0 Å². The van der Waals surface area contributed by atoms with Crippen molar-refractivity contribution in [2.24, 2.45) is 0 Å². The summed E-state index contributed by atoms with van der Waals surface area (Å²) in [6, 6.07) is 9.08. The van der Waals surface area contributed by atoms with Gasteiger partial charge in [0.15, 0.2) is 0 Å². The molecular formula is C20H20O6. The molecule has 0 aliphatic rings. The minimum atomic E-state index is -2.17. The van der Waals surface area contributed by atoms with Crippen LogP contribution < -0.4 is 4.74 Å². The molecule has 6 nitrogen and oxygen atoms in total. The second kappa shape index (κ2) is 7.49. The number of carbonyl (C=O) groups is 1. The number of ether oxygens (including phenoxy) is 3. The van der Waals surface area contributed by atoms with E-state index >= 15 is 0 Å². The zero-order chi connectivity index (χ0) is 20.5. The number of esters is 1. The topological polar surface area (TPSA) is 78.1 Å². The first-order valence-corrected chi connectivity index (χ1v) is 7.99. The van der Waals surface area contributed by atoms with Gasteiger partial charge in [-0.3, -0.25) is 0 Å². The van der Waals surface area contributed by atoms with Gasteiger partial charge in [0.25, 0.3) is 0 Å². The van der Waals surface area contributed by atoms with Crippen molar-refractivity contribution in [1.82, 2.24) is 0 Å². The Morgan fingerprint density at radius 3 is 2.73 bits per heavy atom. The number of rotatable bonds is 6. The summed E-state index contributed by atoms with van der Waals surface area (Å²) in [5.41, 5.74) is 0.899. The molecule has 0 spiro atoms. The zero-order valence-corrected chi connectivity index (χ0v) is 14.7. The third-order valence-electron chi connectivity index (χ3n) is 3.83. The van der Waals surface area contributed by atoms with Gasteiger partial charge in [-0.1, -0.05) is 0 Å². The number of carbonyl (C=O) groups excluding carboxylic acids is 1. The first-order valence-electron chi connectivity index (χ1n) is 8.99. The van der Waals surface area contributed by atoms with Crippen molar-refractivity contribution in [3.05, 3.63) is 47.5 Å². The molecule has 0 amide bonds. The molecule has 136 valence electrons. The summed E-state index contributed by atoms with van der Waals surface area (Å²) in [5, 5.41) is 10.2. The summed E-state index contributed by atoms with van der Waals surface area (Å²) in [4.78, 5) is 12.7. The molecule has 1 N–H and O–H groups in total. The molecule has 6 heteroatoms. The van der Waals surface area contributed by atoms with Gasteiger partial charge in [0, 0.05) is 18.1 Å². The predicted molar refractivity (Wildman–Crippen MR) is 96.5 cm³/mol. The first-order chi connectivity index (χ1) is 13.3. The smallest absolute Gasteiger partial charge is 0.342 e.